The number of carbonyl (C=O) groups excluding carboxylic acids is 1. The van der Waals surface area contributed by atoms with E-state index in [1.165, 1.54) is 12.8 Å². The molecule has 2 fully saturated rings. The zero-order valence-corrected chi connectivity index (χ0v) is 17.1. The van der Waals surface area contributed by atoms with Crippen molar-refractivity contribution in [2.45, 2.75) is 70.1 Å². The molecule has 2 aromatic rings. The van der Waals surface area contributed by atoms with Gasteiger partial charge in [0.2, 0.25) is 0 Å². The van der Waals surface area contributed by atoms with Gasteiger partial charge in [-0.15, -0.1) is 0 Å². The number of fused-ring (bicyclic) bond motifs is 1. The van der Waals surface area contributed by atoms with Crippen molar-refractivity contribution in [2.24, 2.45) is 5.92 Å². The van der Waals surface area contributed by atoms with Crippen LogP contribution in [0.1, 0.15) is 62.7 Å². The van der Waals surface area contributed by atoms with E-state index in [4.69, 9.17) is 0 Å². The number of nitrogens with one attached hydrogen (secondary N) is 1. The molecule has 27 heavy (non-hydrogen) atoms. The van der Waals surface area contributed by atoms with E-state index in [0.29, 0.717) is 23.2 Å². The summed E-state index contributed by atoms with van der Waals surface area (Å²) in [5, 5.41) is 14.3. The second-order valence-electron chi connectivity index (χ2n) is 8.56. The van der Waals surface area contributed by atoms with Crippen molar-refractivity contribution < 1.29 is 9.90 Å². The fourth-order valence-electron chi connectivity index (χ4n) is 3.91. The molecule has 0 aromatic carbocycles. The Morgan fingerprint density at radius 2 is 1.96 bits per heavy atom. The summed E-state index contributed by atoms with van der Waals surface area (Å²) in [5.74, 6) is 0.240. The molecular weight excluding hydrogens is 360 g/mol. The smallest absolute Gasteiger partial charge is 0.253 e. The monoisotopic (exact) mass is 388 g/mol. The first-order chi connectivity index (χ1) is 12.8. The summed E-state index contributed by atoms with van der Waals surface area (Å²) in [7, 11) is 2.08. The van der Waals surface area contributed by atoms with Gasteiger partial charge in [-0.3, -0.25) is 4.79 Å². The van der Waals surface area contributed by atoms with Crippen LogP contribution in [0.3, 0.4) is 0 Å². The second kappa shape index (κ2) is 7.02. The molecule has 2 aliphatic rings. The third-order valence-electron chi connectivity index (χ3n) is 5.96. The van der Waals surface area contributed by atoms with E-state index in [0.717, 1.165) is 35.5 Å². The molecular formula is C20H28N4O2S. The summed E-state index contributed by atoms with van der Waals surface area (Å²) in [4.78, 5) is 23.9. The topological polar surface area (TPSA) is 78.4 Å². The van der Waals surface area contributed by atoms with Gasteiger partial charge in [0.15, 0.2) is 10.8 Å². The fraction of sp³-hybridized carbons (Fsp3) is 0.650. The Labute approximate surface area is 164 Å². The summed E-state index contributed by atoms with van der Waals surface area (Å²) in [6.45, 7) is 3.75. The Hall–Kier alpha value is -1.73. The molecule has 2 N–H and O–H groups in total. The van der Waals surface area contributed by atoms with Crippen molar-refractivity contribution in [3.8, 4) is 0 Å². The highest BCUT2D eigenvalue weighted by Crippen LogP contribution is 2.35. The number of thiazole rings is 1. The first kappa shape index (κ1) is 18.6. The quantitative estimate of drug-likeness (QED) is 0.821. The lowest BCUT2D eigenvalue weighted by molar-refractivity contribution is -0.00257. The van der Waals surface area contributed by atoms with Crippen molar-refractivity contribution in [3.05, 3.63) is 17.8 Å². The van der Waals surface area contributed by atoms with Crippen LogP contribution < -0.4 is 10.2 Å². The molecule has 4 rings (SSSR count). The highest BCUT2D eigenvalue weighted by molar-refractivity contribution is 7.22. The second-order valence-corrected chi connectivity index (χ2v) is 9.57. The molecule has 146 valence electrons. The van der Waals surface area contributed by atoms with Gasteiger partial charge in [0, 0.05) is 25.3 Å². The molecule has 0 saturated heterocycles. The molecule has 0 atom stereocenters. The Bertz CT molecular complexity index is 832. The number of hydrogen-bond acceptors (Lipinski definition) is 6. The highest BCUT2D eigenvalue weighted by atomic mass is 32.1. The van der Waals surface area contributed by atoms with Crippen LogP contribution in [0.25, 0.3) is 10.3 Å². The Morgan fingerprint density at radius 3 is 2.59 bits per heavy atom. The van der Waals surface area contributed by atoms with Gasteiger partial charge in [-0.2, -0.15) is 4.98 Å². The maximum Gasteiger partial charge on any atom is 0.253 e. The summed E-state index contributed by atoms with van der Waals surface area (Å²) in [6.07, 6.45) is 7.78. The van der Waals surface area contributed by atoms with Crippen molar-refractivity contribution in [3.63, 3.8) is 0 Å². The highest BCUT2D eigenvalue weighted by Gasteiger charge is 2.32. The van der Waals surface area contributed by atoms with E-state index in [9.17, 15) is 9.90 Å². The number of rotatable bonds is 5. The van der Waals surface area contributed by atoms with E-state index >= 15 is 0 Å². The van der Waals surface area contributed by atoms with Crippen LogP contribution in [0.15, 0.2) is 12.3 Å². The first-order valence-corrected chi connectivity index (χ1v) is 10.7. The van der Waals surface area contributed by atoms with Gasteiger partial charge in [-0.05, 0) is 64.4 Å². The zero-order valence-electron chi connectivity index (χ0n) is 16.2. The molecule has 0 bridgehead atoms. The van der Waals surface area contributed by atoms with E-state index in [2.05, 4.69) is 27.2 Å². The number of aliphatic hydroxyl groups is 1. The number of aromatic nitrogens is 2. The summed E-state index contributed by atoms with van der Waals surface area (Å²) < 4.78 is 0.955. The van der Waals surface area contributed by atoms with Crippen LogP contribution in [0.4, 0.5) is 5.13 Å². The molecule has 0 aliphatic heterocycles. The lowest BCUT2D eigenvalue weighted by Crippen LogP contribution is -2.41. The van der Waals surface area contributed by atoms with Crippen LogP contribution >= 0.6 is 11.3 Å². The number of pyridine rings is 1. The number of amides is 1. The van der Waals surface area contributed by atoms with Crippen LogP contribution in [0.2, 0.25) is 0 Å². The largest absolute Gasteiger partial charge is 0.390 e. The first-order valence-electron chi connectivity index (χ1n) is 9.84. The Kier molecular flexibility index (Phi) is 4.84. The standard InChI is InChI=1S/C20H28N4O2S/c1-20(2,26)13-4-6-14(7-5-13)22-18(25)12-10-16-17(21-11-12)23-19(27-16)24(3)15-8-9-15/h10-11,13-15,26H,4-9H2,1-3H3,(H,22,25)/t13-,14-. The Morgan fingerprint density at radius 1 is 1.26 bits per heavy atom. The molecule has 7 heteroatoms. The summed E-state index contributed by atoms with van der Waals surface area (Å²) >= 11 is 1.60. The van der Waals surface area contributed by atoms with Crippen LogP contribution in [0.5, 0.6) is 0 Å². The van der Waals surface area contributed by atoms with Crippen LogP contribution in [-0.2, 0) is 0 Å². The van der Waals surface area contributed by atoms with Gasteiger partial charge in [-0.25, -0.2) is 4.98 Å². The van der Waals surface area contributed by atoms with Crippen molar-refractivity contribution in [1.82, 2.24) is 15.3 Å². The molecule has 2 saturated carbocycles. The number of nitrogens with zero attached hydrogens (tertiary/aromatic N) is 3. The minimum Gasteiger partial charge on any atom is -0.390 e. The van der Waals surface area contributed by atoms with Crippen molar-refractivity contribution >= 4 is 32.7 Å². The van der Waals surface area contributed by atoms with Crippen LogP contribution in [0, 0.1) is 5.92 Å². The van der Waals surface area contributed by atoms with E-state index in [1.54, 1.807) is 17.5 Å². The molecule has 6 nitrogen and oxygen atoms in total. The average molecular weight is 389 g/mol. The minimum absolute atomic E-state index is 0.0680. The maximum absolute atomic E-state index is 12.7. The van der Waals surface area contributed by atoms with E-state index in [1.807, 2.05) is 19.9 Å². The van der Waals surface area contributed by atoms with Gasteiger partial charge in [-0.1, -0.05) is 11.3 Å². The van der Waals surface area contributed by atoms with Crippen LogP contribution in [-0.4, -0.2) is 45.7 Å². The van der Waals surface area contributed by atoms with Gasteiger partial charge >= 0.3 is 0 Å². The minimum atomic E-state index is -0.637. The zero-order chi connectivity index (χ0) is 19.2. The van der Waals surface area contributed by atoms with Gasteiger partial charge < -0.3 is 15.3 Å². The van der Waals surface area contributed by atoms with E-state index < -0.39 is 5.60 Å². The fourth-order valence-corrected chi connectivity index (χ4v) is 4.91. The Balaban J connectivity index is 1.41. The molecule has 2 aliphatic carbocycles. The van der Waals surface area contributed by atoms with E-state index in [-0.39, 0.29) is 11.9 Å². The molecule has 2 heterocycles. The van der Waals surface area contributed by atoms with Gasteiger partial charge in [0.1, 0.15) is 0 Å². The number of hydrogen-bond donors (Lipinski definition) is 2. The lowest BCUT2D eigenvalue weighted by Gasteiger charge is -2.36. The molecule has 2 aromatic heterocycles. The third kappa shape index (κ3) is 4.09. The van der Waals surface area contributed by atoms with Gasteiger partial charge in [0.25, 0.3) is 5.91 Å². The molecule has 0 spiro atoms. The maximum atomic E-state index is 12.7. The number of carbonyl (C=O) groups is 1. The normalized spacial score (nSPS) is 23.4. The average Bonchev–Trinajstić information content (AvgIpc) is 3.39. The van der Waals surface area contributed by atoms with Gasteiger partial charge in [0.05, 0.1) is 15.9 Å². The predicted octanol–water partition coefficient (Wildman–Crippen LogP) is 3.35. The van der Waals surface area contributed by atoms with Crippen molar-refractivity contribution in [1.29, 1.82) is 0 Å². The third-order valence-corrected chi connectivity index (χ3v) is 7.04. The molecule has 0 unspecified atom stereocenters. The van der Waals surface area contributed by atoms with Crippen molar-refractivity contribution in [2.75, 3.05) is 11.9 Å². The summed E-state index contributed by atoms with van der Waals surface area (Å²) in [6, 6.07) is 2.68. The SMILES string of the molecule is CN(c1nc2ncc(C(=O)N[C@H]3CC[C@H](C(C)(C)O)CC3)cc2s1)C1CC1. The number of anilines is 1. The summed E-state index contributed by atoms with van der Waals surface area (Å²) in [5.41, 5.74) is 0.669. The lowest BCUT2D eigenvalue weighted by atomic mass is 9.77. The predicted molar refractivity (Wildman–Crippen MR) is 108 cm³/mol. The molecule has 1 amide bonds. The molecule has 0 radical (unpaired) electrons.